The summed E-state index contributed by atoms with van der Waals surface area (Å²) in [5.74, 6) is 0.708. The van der Waals surface area contributed by atoms with E-state index in [9.17, 15) is 0 Å². The van der Waals surface area contributed by atoms with Crippen molar-refractivity contribution in [1.82, 2.24) is 0 Å². The third-order valence-corrected chi connectivity index (χ3v) is 1.57. The molecule has 0 spiro atoms. The Kier molecular flexibility index (Phi) is 5.38. The maximum Gasteiger partial charge on any atom is -0.0100 e. The van der Waals surface area contributed by atoms with Crippen molar-refractivity contribution < 1.29 is 0 Å². The standard InChI is InChI=1S/C8H17N/c1-3-5-8(4-2)6-7-9/h6-8H,3-5,9H2,1-2H3/b7-6+. The Balaban J connectivity index is 3.41. The van der Waals surface area contributed by atoms with E-state index in [0.29, 0.717) is 5.92 Å². The van der Waals surface area contributed by atoms with Crippen LogP contribution in [0, 0.1) is 5.92 Å². The van der Waals surface area contributed by atoms with E-state index < -0.39 is 0 Å². The van der Waals surface area contributed by atoms with Gasteiger partial charge in [0.2, 0.25) is 0 Å². The highest BCUT2D eigenvalue weighted by atomic mass is 14.5. The van der Waals surface area contributed by atoms with Crippen LogP contribution in [0.15, 0.2) is 12.3 Å². The monoisotopic (exact) mass is 127 g/mol. The summed E-state index contributed by atoms with van der Waals surface area (Å²) < 4.78 is 0. The Bertz CT molecular complexity index is 76.6. The van der Waals surface area contributed by atoms with Gasteiger partial charge in [0.25, 0.3) is 0 Å². The van der Waals surface area contributed by atoms with E-state index in [1.165, 1.54) is 19.3 Å². The van der Waals surface area contributed by atoms with Crippen molar-refractivity contribution in [2.45, 2.75) is 33.1 Å². The molecular weight excluding hydrogens is 110 g/mol. The quantitative estimate of drug-likeness (QED) is 0.616. The Hall–Kier alpha value is -0.460. The van der Waals surface area contributed by atoms with Gasteiger partial charge in [-0.1, -0.05) is 26.3 Å². The van der Waals surface area contributed by atoms with Gasteiger partial charge in [0.15, 0.2) is 0 Å². The number of hydrogen-bond donors (Lipinski definition) is 1. The molecule has 0 saturated carbocycles. The molecule has 0 bridgehead atoms. The third kappa shape index (κ3) is 4.07. The highest BCUT2D eigenvalue weighted by Crippen LogP contribution is 2.10. The topological polar surface area (TPSA) is 26.0 Å². The zero-order valence-corrected chi connectivity index (χ0v) is 6.43. The van der Waals surface area contributed by atoms with Gasteiger partial charge in [-0.25, -0.2) is 0 Å². The van der Waals surface area contributed by atoms with Gasteiger partial charge in [-0.2, -0.15) is 0 Å². The van der Waals surface area contributed by atoms with E-state index in [4.69, 9.17) is 5.73 Å². The smallest absolute Gasteiger partial charge is 0.0100 e. The van der Waals surface area contributed by atoms with Crippen LogP contribution in [-0.4, -0.2) is 0 Å². The molecule has 1 nitrogen and oxygen atoms in total. The molecule has 0 aromatic rings. The van der Waals surface area contributed by atoms with Crippen LogP contribution in [0.25, 0.3) is 0 Å². The first-order valence-electron chi connectivity index (χ1n) is 3.73. The number of rotatable bonds is 4. The molecule has 2 N–H and O–H groups in total. The normalized spacial score (nSPS) is 14.4. The van der Waals surface area contributed by atoms with Crippen molar-refractivity contribution >= 4 is 0 Å². The minimum absolute atomic E-state index is 0.708. The lowest BCUT2D eigenvalue weighted by atomic mass is 10.0. The van der Waals surface area contributed by atoms with Crippen molar-refractivity contribution in [3.63, 3.8) is 0 Å². The maximum absolute atomic E-state index is 5.25. The van der Waals surface area contributed by atoms with E-state index in [0.717, 1.165) is 0 Å². The van der Waals surface area contributed by atoms with Crippen LogP contribution in [0.5, 0.6) is 0 Å². The highest BCUT2D eigenvalue weighted by Gasteiger charge is 1.97. The molecule has 0 aliphatic rings. The fourth-order valence-electron chi connectivity index (χ4n) is 0.964. The lowest BCUT2D eigenvalue weighted by Crippen LogP contribution is -1.94. The van der Waals surface area contributed by atoms with Gasteiger partial charge in [0.05, 0.1) is 0 Å². The van der Waals surface area contributed by atoms with E-state index in [1.807, 2.05) is 0 Å². The van der Waals surface area contributed by atoms with Crippen LogP contribution in [0.2, 0.25) is 0 Å². The number of nitrogens with two attached hydrogens (primary N) is 1. The van der Waals surface area contributed by atoms with Gasteiger partial charge in [0.1, 0.15) is 0 Å². The molecule has 0 aliphatic carbocycles. The average molecular weight is 127 g/mol. The van der Waals surface area contributed by atoms with Crippen molar-refractivity contribution in [2.24, 2.45) is 11.7 Å². The second-order valence-electron chi connectivity index (χ2n) is 2.34. The van der Waals surface area contributed by atoms with Gasteiger partial charge in [-0.3, -0.25) is 0 Å². The first-order valence-corrected chi connectivity index (χ1v) is 3.73. The molecule has 0 aromatic carbocycles. The predicted octanol–water partition coefficient (Wildman–Crippen LogP) is 2.29. The molecule has 0 radical (unpaired) electrons. The first kappa shape index (κ1) is 8.54. The maximum atomic E-state index is 5.25. The largest absolute Gasteiger partial charge is 0.405 e. The summed E-state index contributed by atoms with van der Waals surface area (Å²) in [5, 5.41) is 0. The number of hydrogen-bond acceptors (Lipinski definition) is 1. The van der Waals surface area contributed by atoms with E-state index in [1.54, 1.807) is 6.20 Å². The third-order valence-electron chi connectivity index (χ3n) is 1.57. The summed E-state index contributed by atoms with van der Waals surface area (Å²) in [4.78, 5) is 0. The fraction of sp³-hybridized carbons (Fsp3) is 0.750. The molecule has 0 aromatic heterocycles. The lowest BCUT2D eigenvalue weighted by molar-refractivity contribution is 0.562. The van der Waals surface area contributed by atoms with Crippen LogP contribution >= 0.6 is 0 Å². The Morgan fingerprint density at radius 1 is 1.44 bits per heavy atom. The molecule has 1 atom stereocenters. The van der Waals surface area contributed by atoms with Crippen molar-refractivity contribution in [3.05, 3.63) is 12.3 Å². The molecule has 9 heavy (non-hydrogen) atoms. The SMILES string of the molecule is CCCC(/C=C/N)CC. The van der Waals surface area contributed by atoms with Gasteiger partial charge in [0, 0.05) is 0 Å². The molecule has 0 rings (SSSR count). The fourth-order valence-corrected chi connectivity index (χ4v) is 0.964. The summed E-state index contributed by atoms with van der Waals surface area (Å²) in [5.41, 5.74) is 5.25. The highest BCUT2D eigenvalue weighted by molar-refractivity contribution is 4.83. The van der Waals surface area contributed by atoms with Crippen LogP contribution in [-0.2, 0) is 0 Å². The Morgan fingerprint density at radius 2 is 2.11 bits per heavy atom. The zero-order valence-electron chi connectivity index (χ0n) is 6.43. The lowest BCUT2D eigenvalue weighted by Gasteiger charge is -2.05. The molecular formula is C8H17N. The molecule has 1 unspecified atom stereocenters. The van der Waals surface area contributed by atoms with E-state index in [-0.39, 0.29) is 0 Å². The van der Waals surface area contributed by atoms with Gasteiger partial charge < -0.3 is 5.73 Å². The molecule has 0 saturated heterocycles. The predicted molar refractivity (Wildman–Crippen MR) is 42.0 cm³/mol. The first-order chi connectivity index (χ1) is 4.35. The van der Waals surface area contributed by atoms with Gasteiger partial charge in [-0.15, -0.1) is 0 Å². The average Bonchev–Trinajstić information content (AvgIpc) is 1.88. The minimum atomic E-state index is 0.708. The summed E-state index contributed by atoms with van der Waals surface area (Å²) in [6, 6.07) is 0. The van der Waals surface area contributed by atoms with E-state index in [2.05, 4.69) is 19.9 Å². The summed E-state index contributed by atoms with van der Waals surface area (Å²) >= 11 is 0. The van der Waals surface area contributed by atoms with Crippen molar-refractivity contribution in [2.75, 3.05) is 0 Å². The van der Waals surface area contributed by atoms with Gasteiger partial charge >= 0.3 is 0 Å². The van der Waals surface area contributed by atoms with E-state index >= 15 is 0 Å². The summed E-state index contributed by atoms with van der Waals surface area (Å²) in [7, 11) is 0. The molecule has 0 heterocycles. The minimum Gasteiger partial charge on any atom is -0.405 e. The zero-order chi connectivity index (χ0) is 7.11. The van der Waals surface area contributed by atoms with Crippen LogP contribution in [0.1, 0.15) is 33.1 Å². The molecule has 0 amide bonds. The Morgan fingerprint density at radius 3 is 2.44 bits per heavy atom. The van der Waals surface area contributed by atoms with Crippen LogP contribution in [0.4, 0.5) is 0 Å². The van der Waals surface area contributed by atoms with Crippen LogP contribution in [0.3, 0.4) is 0 Å². The van der Waals surface area contributed by atoms with Crippen LogP contribution < -0.4 is 5.73 Å². The molecule has 0 aliphatic heterocycles. The second-order valence-corrected chi connectivity index (χ2v) is 2.34. The second kappa shape index (κ2) is 5.67. The summed E-state index contributed by atoms with van der Waals surface area (Å²) in [6.45, 7) is 4.40. The number of allylic oxidation sites excluding steroid dienone is 1. The molecule has 0 fully saturated rings. The molecule has 54 valence electrons. The van der Waals surface area contributed by atoms with Crippen molar-refractivity contribution in [1.29, 1.82) is 0 Å². The van der Waals surface area contributed by atoms with Crippen molar-refractivity contribution in [3.8, 4) is 0 Å². The van der Waals surface area contributed by atoms with Gasteiger partial charge in [-0.05, 0) is 25.0 Å². The summed E-state index contributed by atoms with van der Waals surface area (Å²) in [6.07, 6.45) is 7.47. The Labute approximate surface area is 57.9 Å². The molecule has 1 heteroatoms.